The van der Waals surface area contributed by atoms with E-state index in [0.717, 1.165) is 24.8 Å². The first-order valence-corrected chi connectivity index (χ1v) is 13.7. The van der Waals surface area contributed by atoms with E-state index >= 15 is 0 Å². The number of rotatable bonds is 9. The largest absolute Gasteiger partial charge is 0.416 e. The van der Waals surface area contributed by atoms with Crippen LogP contribution in [0, 0.1) is 11.3 Å². The number of hydrogen-bond acceptors (Lipinski definition) is 6. The van der Waals surface area contributed by atoms with Crippen LogP contribution in [-0.4, -0.2) is 24.5 Å². The van der Waals surface area contributed by atoms with Crippen LogP contribution in [0.15, 0.2) is 88.2 Å². The van der Waals surface area contributed by atoms with Gasteiger partial charge in [0.2, 0.25) is 17.7 Å². The molecule has 0 spiro atoms. The van der Waals surface area contributed by atoms with E-state index < -0.39 is 10.0 Å². The molecule has 1 fully saturated rings. The maximum Gasteiger partial charge on any atom is 0.261 e. The lowest BCUT2D eigenvalue weighted by Gasteiger charge is -2.21. The van der Waals surface area contributed by atoms with E-state index in [4.69, 9.17) is 4.42 Å². The number of nitrogens with one attached hydrogen (secondary N) is 2. The average molecular weight is 517 g/mol. The number of nitrogens with zero attached hydrogens (tertiary/aromatic N) is 2. The summed E-state index contributed by atoms with van der Waals surface area (Å²) in [7, 11) is -3.82. The van der Waals surface area contributed by atoms with Gasteiger partial charge in [0, 0.05) is 22.5 Å². The smallest absolute Gasteiger partial charge is 0.261 e. The number of benzene rings is 3. The number of carbonyl (C=O) groups is 1. The molecule has 2 N–H and O–H groups in total. The quantitative estimate of drug-likeness (QED) is 0.283. The van der Waals surface area contributed by atoms with Crippen molar-refractivity contribution in [3.8, 4) is 22.9 Å². The molecule has 1 amide bonds. The van der Waals surface area contributed by atoms with E-state index in [1.54, 1.807) is 36.4 Å². The predicted octanol–water partition coefficient (Wildman–Crippen LogP) is 5.97. The normalized spacial score (nSPS) is 15.1. The zero-order valence-corrected chi connectivity index (χ0v) is 21.5. The fourth-order valence-corrected chi connectivity index (χ4v) is 5.43. The van der Waals surface area contributed by atoms with E-state index in [0.29, 0.717) is 34.6 Å². The Kier molecular flexibility index (Phi) is 6.55. The maximum atomic E-state index is 12.9. The van der Waals surface area contributed by atoms with Crippen LogP contribution in [0.3, 0.4) is 0 Å². The van der Waals surface area contributed by atoms with E-state index in [1.807, 2.05) is 30.3 Å². The number of hydrogen-bond donors (Lipinski definition) is 2. The molecule has 0 saturated heterocycles. The van der Waals surface area contributed by atoms with Gasteiger partial charge in [0.15, 0.2) is 0 Å². The molecule has 0 bridgehead atoms. The van der Waals surface area contributed by atoms with Crippen LogP contribution in [0.1, 0.15) is 33.1 Å². The summed E-state index contributed by atoms with van der Waals surface area (Å²) < 4.78 is 34.2. The lowest BCUT2D eigenvalue weighted by Crippen LogP contribution is -2.29. The molecule has 190 valence electrons. The second-order valence-electron chi connectivity index (χ2n) is 9.41. The van der Waals surface area contributed by atoms with Gasteiger partial charge in [-0.2, -0.15) is 0 Å². The first-order valence-electron chi connectivity index (χ1n) is 12.2. The molecule has 4 aromatic rings. The molecule has 1 saturated carbocycles. The lowest BCUT2D eigenvalue weighted by atomic mass is 9.87. The molecule has 37 heavy (non-hydrogen) atoms. The third-order valence-electron chi connectivity index (χ3n) is 7.05. The first kappa shape index (κ1) is 24.7. The molecule has 0 radical (unpaired) electrons. The summed E-state index contributed by atoms with van der Waals surface area (Å²) in [5.41, 5.74) is 2.18. The lowest BCUT2D eigenvalue weighted by molar-refractivity contribution is -0.122. The Hall–Kier alpha value is -3.98. The van der Waals surface area contributed by atoms with Crippen LogP contribution in [0.4, 0.5) is 11.4 Å². The van der Waals surface area contributed by atoms with Gasteiger partial charge in [0.05, 0.1) is 10.3 Å². The van der Waals surface area contributed by atoms with Crippen LogP contribution in [0.5, 0.6) is 0 Å². The summed E-state index contributed by atoms with van der Waals surface area (Å²) in [6, 6.07) is 22.3. The van der Waals surface area contributed by atoms with E-state index in [2.05, 4.69) is 34.1 Å². The molecule has 1 heterocycles. The summed E-state index contributed by atoms with van der Waals surface area (Å²) in [5.74, 6) is 1.05. The van der Waals surface area contributed by atoms with Gasteiger partial charge in [-0.05, 0) is 79.4 Å². The number of carbonyl (C=O) groups excluding carboxylic acids is 1. The van der Waals surface area contributed by atoms with E-state index in [1.165, 1.54) is 12.1 Å². The van der Waals surface area contributed by atoms with Crippen LogP contribution >= 0.6 is 0 Å². The van der Waals surface area contributed by atoms with Gasteiger partial charge in [-0.1, -0.05) is 38.5 Å². The van der Waals surface area contributed by atoms with Crippen molar-refractivity contribution < 1.29 is 17.6 Å². The highest BCUT2D eigenvalue weighted by molar-refractivity contribution is 7.92. The zero-order chi connectivity index (χ0) is 26.0. The topological polar surface area (TPSA) is 114 Å². The minimum absolute atomic E-state index is 0.0346. The standard InChI is InChI=1S/C28H28N4O4S/c1-3-19(2)28(17-18-28)27(33)29-22-11-13-23(14-12-22)32-37(34,35)24-15-9-21(10-16-24)26-31-30-25(36-26)20-7-5-4-6-8-20/h4-16,19,32H,3,17-18H2,1-2H3,(H,29,33). The summed E-state index contributed by atoms with van der Waals surface area (Å²) in [4.78, 5) is 12.9. The maximum absolute atomic E-state index is 12.9. The van der Waals surface area contributed by atoms with Crippen molar-refractivity contribution in [2.24, 2.45) is 11.3 Å². The van der Waals surface area contributed by atoms with Crippen molar-refractivity contribution in [3.05, 3.63) is 78.9 Å². The number of amides is 1. The van der Waals surface area contributed by atoms with Crippen molar-refractivity contribution >= 4 is 27.3 Å². The minimum Gasteiger partial charge on any atom is -0.416 e. The Labute approximate surface area is 216 Å². The second-order valence-corrected chi connectivity index (χ2v) is 11.1. The Bertz CT molecular complexity index is 1490. The molecule has 1 unspecified atom stereocenters. The Morgan fingerprint density at radius 2 is 1.46 bits per heavy atom. The van der Waals surface area contributed by atoms with Gasteiger partial charge in [0.1, 0.15) is 0 Å². The molecule has 1 aliphatic carbocycles. The summed E-state index contributed by atoms with van der Waals surface area (Å²) in [6.07, 6.45) is 2.77. The van der Waals surface area contributed by atoms with Gasteiger partial charge >= 0.3 is 0 Å². The molecule has 1 aliphatic rings. The van der Waals surface area contributed by atoms with Crippen LogP contribution in [-0.2, 0) is 14.8 Å². The molecule has 3 aromatic carbocycles. The predicted molar refractivity (Wildman–Crippen MR) is 142 cm³/mol. The number of aromatic nitrogens is 2. The van der Waals surface area contributed by atoms with Crippen LogP contribution in [0.25, 0.3) is 22.9 Å². The third-order valence-corrected chi connectivity index (χ3v) is 8.45. The number of anilines is 2. The van der Waals surface area contributed by atoms with Gasteiger partial charge in [-0.15, -0.1) is 10.2 Å². The monoisotopic (exact) mass is 516 g/mol. The molecule has 9 heteroatoms. The van der Waals surface area contributed by atoms with E-state index in [-0.39, 0.29) is 16.2 Å². The molecular formula is C28H28N4O4S. The summed E-state index contributed by atoms with van der Waals surface area (Å²) >= 11 is 0. The molecule has 5 rings (SSSR count). The molecular weight excluding hydrogens is 488 g/mol. The minimum atomic E-state index is -3.82. The average Bonchev–Trinajstić information content (AvgIpc) is 3.59. The van der Waals surface area contributed by atoms with Gasteiger partial charge < -0.3 is 9.73 Å². The van der Waals surface area contributed by atoms with Crippen LogP contribution < -0.4 is 10.0 Å². The summed E-state index contributed by atoms with van der Waals surface area (Å²) in [6.45, 7) is 4.21. The summed E-state index contributed by atoms with van der Waals surface area (Å²) in [5, 5.41) is 11.1. The third kappa shape index (κ3) is 5.13. The fourth-order valence-electron chi connectivity index (χ4n) is 4.37. The second kappa shape index (κ2) is 9.82. The van der Waals surface area contributed by atoms with Gasteiger partial charge in [-0.25, -0.2) is 8.42 Å². The number of sulfonamides is 1. The van der Waals surface area contributed by atoms with Gasteiger partial charge in [-0.3, -0.25) is 9.52 Å². The Morgan fingerprint density at radius 3 is 2.03 bits per heavy atom. The highest BCUT2D eigenvalue weighted by atomic mass is 32.2. The van der Waals surface area contributed by atoms with Gasteiger partial charge in [0.25, 0.3) is 10.0 Å². The highest BCUT2D eigenvalue weighted by Crippen LogP contribution is 2.53. The molecule has 8 nitrogen and oxygen atoms in total. The van der Waals surface area contributed by atoms with Crippen molar-refractivity contribution in [3.63, 3.8) is 0 Å². The molecule has 0 aliphatic heterocycles. The van der Waals surface area contributed by atoms with Crippen molar-refractivity contribution in [1.82, 2.24) is 10.2 Å². The SMILES string of the molecule is CCC(C)C1(C(=O)Nc2ccc(NS(=O)(=O)c3ccc(-c4nnc(-c5ccccc5)o4)cc3)cc2)CC1. The molecule has 1 atom stereocenters. The Balaban J connectivity index is 1.24. The fraction of sp³-hybridized carbons (Fsp3) is 0.250. The van der Waals surface area contributed by atoms with E-state index in [9.17, 15) is 13.2 Å². The Morgan fingerprint density at radius 1 is 0.892 bits per heavy atom. The van der Waals surface area contributed by atoms with Crippen molar-refractivity contribution in [1.29, 1.82) is 0 Å². The van der Waals surface area contributed by atoms with Crippen molar-refractivity contribution in [2.75, 3.05) is 10.0 Å². The molecule has 1 aromatic heterocycles. The highest BCUT2D eigenvalue weighted by Gasteiger charge is 2.52. The first-order chi connectivity index (χ1) is 17.8. The van der Waals surface area contributed by atoms with Crippen LogP contribution in [0.2, 0.25) is 0 Å². The van der Waals surface area contributed by atoms with Crippen molar-refractivity contribution in [2.45, 2.75) is 38.0 Å². The zero-order valence-electron chi connectivity index (χ0n) is 20.6.